The molecule has 0 atom stereocenters. The van der Waals surface area contributed by atoms with E-state index in [2.05, 4.69) is 17.0 Å². The summed E-state index contributed by atoms with van der Waals surface area (Å²) in [5.74, 6) is 0. The number of hydrogen-bond donors (Lipinski definition) is 0. The highest BCUT2D eigenvalue weighted by Gasteiger charge is 2.14. The molecule has 4 nitrogen and oxygen atoms in total. The van der Waals surface area contributed by atoms with Crippen LogP contribution in [0, 0.1) is 11.3 Å². The van der Waals surface area contributed by atoms with Crippen LogP contribution in [0.1, 0.15) is 5.56 Å². The van der Waals surface area contributed by atoms with E-state index in [0.29, 0.717) is 18.8 Å². The van der Waals surface area contributed by atoms with Crippen molar-refractivity contribution in [2.24, 2.45) is 0 Å². The molecule has 0 radical (unpaired) electrons. The fourth-order valence-corrected chi connectivity index (χ4v) is 4.30. The Morgan fingerprint density at radius 3 is 2.41 bits per heavy atom. The minimum Gasteiger partial charge on any atom is -0.378 e. The summed E-state index contributed by atoms with van der Waals surface area (Å²) < 4.78 is 5.41. The first kappa shape index (κ1) is 17.5. The lowest BCUT2D eigenvalue weighted by atomic mass is 10.0. The summed E-state index contributed by atoms with van der Waals surface area (Å²) in [4.78, 5) is 15.4. The molecule has 2 aromatic carbocycles. The summed E-state index contributed by atoms with van der Waals surface area (Å²) in [6.45, 7) is 2.99. The zero-order valence-corrected chi connectivity index (χ0v) is 15.5. The summed E-state index contributed by atoms with van der Waals surface area (Å²) in [6, 6.07) is 21.2. The van der Waals surface area contributed by atoms with Gasteiger partial charge in [-0.15, -0.1) is 11.3 Å². The van der Waals surface area contributed by atoms with Gasteiger partial charge in [-0.1, -0.05) is 30.3 Å². The second-order valence-corrected chi connectivity index (χ2v) is 7.43. The maximum atomic E-state index is 12.3. The van der Waals surface area contributed by atoms with Crippen molar-refractivity contribution in [2.75, 3.05) is 31.2 Å². The maximum absolute atomic E-state index is 12.3. The van der Waals surface area contributed by atoms with Crippen LogP contribution in [0.5, 0.6) is 0 Å². The zero-order valence-electron chi connectivity index (χ0n) is 14.7. The van der Waals surface area contributed by atoms with Gasteiger partial charge >= 0.3 is 0 Å². The Morgan fingerprint density at radius 1 is 0.926 bits per heavy atom. The van der Waals surface area contributed by atoms with Gasteiger partial charge in [0.15, 0.2) is 5.43 Å². The van der Waals surface area contributed by atoms with Crippen molar-refractivity contribution < 1.29 is 4.74 Å². The smallest absolute Gasteiger partial charge is 0.182 e. The molecule has 4 rings (SSSR count). The predicted octanol–water partition coefficient (Wildman–Crippen LogP) is 4.15. The monoisotopic (exact) mass is 374 g/mol. The molecule has 0 spiro atoms. The van der Waals surface area contributed by atoms with Gasteiger partial charge in [-0.05, 0) is 34.9 Å². The quantitative estimate of drug-likeness (QED) is 0.691. The van der Waals surface area contributed by atoms with Gasteiger partial charge in [0.2, 0.25) is 0 Å². The van der Waals surface area contributed by atoms with E-state index >= 15 is 0 Å². The number of nitriles is 1. The second-order valence-electron chi connectivity index (χ2n) is 6.37. The van der Waals surface area contributed by atoms with Gasteiger partial charge in [0.25, 0.3) is 0 Å². The molecule has 1 saturated heterocycles. The molecule has 3 aromatic rings. The van der Waals surface area contributed by atoms with Gasteiger partial charge in [0.1, 0.15) is 0 Å². The van der Waals surface area contributed by atoms with E-state index in [4.69, 9.17) is 10.00 Å². The van der Waals surface area contributed by atoms with E-state index in [1.54, 1.807) is 29.5 Å². The molecule has 0 N–H and O–H groups in total. The van der Waals surface area contributed by atoms with E-state index in [1.807, 2.05) is 36.4 Å². The molecular formula is C22H18N2O2S. The fourth-order valence-electron chi connectivity index (χ4n) is 3.17. The van der Waals surface area contributed by atoms with Gasteiger partial charge in [-0.3, -0.25) is 4.79 Å². The Kier molecular flexibility index (Phi) is 5.01. The van der Waals surface area contributed by atoms with E-state index in [0.717, 1.165) is 39.7 Å². The summed E-state index contributed by atoms with van der Waals surface area (Å²) in [5, 5.41) is 10.1. The van der Waals surface area contributed by atoms with Crippen LogP contribution in [0.15, 0.2) is 65.5 Å². The van der Waals surface area contributed by atoms with Crippen molar-refractivity contribution in [3.05, 3.63) is 76.5 Å². The largest absolute Gasteiger partial charge is 0.378 e. The van der Waals surface area contributed by atoms with Crippen LogP contribution in [0.3, 0.4) is 0 Å². The van der Waals surface area contributed by atoms with Crippen LogP contribution in [-0.4, -0.2) is 26.3 Å². The zero-order chi connectivity index (χ0) is 18.6. The Bertz CT molecular complexity index is 1060. The molecule has 0 aliphatic carbocycles. The lowest BCUT2D eigenvalue weighted by Crippen LogP contribution is -2.36. The SMILES string of the molecule is N#Cc1cccc(-c2cccc(-c3cc(=O)cc(N4CCOCC4)s3)c2)c1. The topological polar surface area (TPSA) is 53.3 Å². The van der Waals surface area contributed by atoms with Crippen LogP contribution in [0.4, 0.5) is 5.00 Å². The first-order valence-electron chi connectivity index (χ1n) is 8.82. The van der Waals surface area contributed by atoms with E-state index in [1.165, 1.54) is 0 Å². The first-order valence-corrected chi connectivity index (χ1v) is 9.63. The van der Waals surface area contributed by atoms with Crippen LogP contribution in [0.25, 0.3) is 21.6 Å². The van der Waals surface area contributed by atoms with Crippen molar-refractivity contribution in [3.8, 4) is 27.6 Å². The lowest BCUT2D eigenvalue weighted by molar-refractivity contribution is 0.123. The van der Waals surface area contributed by atoms with E-state index < -0.39 is 0 Å². The minimum absolute atomic E-state index is 0.0159. The van der Waals surface area contributed by atoms with Gasteiger partial charge in [0, 0.05) is 30.1 Å². The molecule has 1 aromatic heterocycles. The molecule has 27 heavy (non-hydrogen) atoms. The Morgan fingerprint density at radius 2 is 1.63 bits per heavy atom. The van der Waals surface area contributed by atoms with E-state index in [9.17, 15) is 4.79 Å². The van der Waals surface area contributed by atoms with Gasteiger partial charge < -0.3 is 9.64 Å². The number of anilines is 1. The number of nitrogens with zero attached hydrogens (tertiary/aromatic N) is 2. The third-order valence-corrected chi connectivity index (χ3v) is 5.71. The normalized spacial score (nSPS) is 14.0. The number of benzene rings is 2. The van der Waals surface area contributed by atoms with Crippen LogP contribution in [-0.2, 0) is 4.74 Å². The van der Waals surface area contributed by atoms with Crippen LogP contribution >= 0.6 is 11.3 Å². The molecule has 1 aliphatic rings. The summed E-state index contributed by atoms with van der Waals surface area (Å²) in [7, 11) is 0. The van der Waals surface area contributed by atoms with E-state index in [-0.39, 0.29) is 5.43 Å². The van der Waals surface area contributed by atoms with Crippen molar-refractivity contribution >= 4 is 16.3 Å². The van der Waals surface area contributed by atoms with Gasteiger partial charge in [-0.25, -0.2) is 0 Å². The average molecular weight is 374 g/mol. The van der Waals surface area contributed by atoms with Crippen molar-refractivity contribution in [1.82, 2.24) is 0 Å². The minimum atomic E-state index is 0.0159. The molecule has 1 aliphatic heterocycles. The summed E-state index contributed by atoms with van der Waals surface area (Å²) in [5.41, 5.74) is 3.68. The molecular weight excluding hydrogens is 356 g/mol. The van der Waals surface area contributed by atoms with Crippen LogP contribution in [0.2, 0.25) is 0 Å². The molecule has 134 valence electrons. The number of ether oxygens (including phenoxy) is 1. The molecule has 2 heterocycles. The molecule has 1 fully saturated rings. The number of hydrogen-bond acceptors (Lipinski definition) is 5. The fraction of sp³-hybridized carbons (Fsp3) is 0.182. The highest BCUT2D eigenvalue weighted by molar-refractivity contribution is 7.19. The molecule has 0 bridgehead atoms. The Hall–Kier alpha value is -2.94. The van der Waals surface area contributed by atoms with Crippen molar-refractivity contribution in [1.29, 1.82) is 5.26 Å². The average Bonchev–Trinajstić information content (AvgIpc) is 2.74. The second kappa shape index (κ2) is 7.75. The summed E-state index contributed by atoms with van der Waals surface area (Å²) >= 11 is 1.63. The molecule has 0 unspecified atom stereocenters. The van der Waals surface area contributed by atoms with Crippen molar-refractivity contribution in [2.45, 2.75) is 0 Å². The highest BCUT2D eigenvalue weighted by Crippen LogP contribution is 2.32. The first-order chi connectivity index (χ1) is 13.2. The predicted molar refractivity (Wildman–Crippen MR) is 109 cm³/mol. The Labute approximate surface area is 161 Å². The molecule has 5 heteroatoms. The van der Waals surface area contributed by atoms with Gasteiger partial charge in [0.05, 0.1) is 29.8 Å². The third-order valence-electron chi connectivity index (χ3n) is 4.55. The Balaban J connectivity index is 1.72. The highest BCUT2D eigenvalue weighted by atomic mass is 32.1. The number of rotatable bonds is 3. The lowest BCUT2D eigenvalue weighted by Gasteiger charge is -2.28. The maximum Gasteiger partial charge on any atom is 0.182 e. The van der Waals surface area contributed by atoms with Gasteiger partial charge in [-0.2, -0.15) is 5.26 Å². The summed E-state index contributed by atoms with van der Waals surface area (Å²) in [6.07, 6.45) is 0. The third kappa shape index (κ3) is 3.92. The number of morpholine rings is 1. The molecule has 0 amide bonds. The van der Waals surface area contributed by atoms with Crippen molar-refractivity contribution in [3.63, 3.8) is 0 Å². The molecule has 0 saturated carbocycles. The van der Waals surface area contributed by atoms with Crippen LogP contribution < -0.4 is 10.3 Å². The standard InChI is InChI=1S/C22H18N2O2S/c23-15-16-3-1-4-17(11-16)18-5-2-6-19(12-18)21-13-20(25)14-22(27-21)24-7-9-26-10-8-24/h1-6,11-14H,7-10H2.